The van der Waals surface area contributed by atoms with Gasteiger partial charge >= 0.3 is 0 Å². The van der Waals surface area contributed by atoms with Crippen LogP contribution < -0.4 is 10.6 Å². The van der Waals surface area contributed by atoms with Gasteiger partial charge in [-0.1, -0.05) is 40.6 Å². The first-order valence-corrected chi connectivity index (χ1v) is 8.80. The standard InChI is InChI=1S/C16H15Cl2N3OS/c17-11-5-3-10(12(18)9-11)4-6-13(22)14-15(19)20-16(23-14)21-7-1-2-8-21/h3-6,9H,1-2,7-8,19H2/b6-4+. The molecule has 0 bridgehead atoms. The van der Waals surface area contributed by atoms with Crippen LogP contribution in [0.1, 0.15) is 28.1 Å². The zero-order chi connectivity index (χ0) is 16.4. The first-order chi connectivity index (χ1) is 11.0. The van der Waals surface area contributed by atoms with Gasteiger partial charge in [-0.2, -0.15) is 0 Å². The Kier molecular flexibility index (Phi) is 4.90. The van der Waals surface area contributed by atoms with Gasteiger partial charge in [0.15, 0.2) is 10.9 Å². The van der Waals surface area contributed by atoms with Crippen molar-refractivity contribution in [2.24, 2.45) is 0 Å². The zero-order valence-corrected chi connectivity index (χ0v) is 14.6. The average Bonchev–Trinajstić information content (AvgIpc) is 3.15. The van der Waals surface area contributed by atoms with Crippen LogP contribution in [0.5, 0.6) is 0 Å². The Balaban J connectivity index is 1.78. The fourth-order valence-corrected chi connectivity index (χ4v) is 3.85. The molecule has 120 valence electrons. The number of halogens is 2. The Morgan fingerprint density at radius 2 is 2.04 bits per heavy atom. The summed E-state index contributed by atoms with van der Waals surface area (Å²) in [6, 6.07) is 5.13. The molecule has 3 rings (SSSR count). The van der Waals surface area contributed by atoms with Gasteiger partial charge < -0.3 is 10.6 Å². The van der Waals surface area contributed by atoms with Gasteiger partial charge in [0.1, 0.15) is 10.7 Å². The van der Waals surface area contributed by atoms with E-state index in [0.717, 1.165) is 36.6 Å². The summed E-state index contributed by atoms with van der Waals surface area (Å²) in [5, 5.41) is 1.87. The predicted molar refractivity (Wildman–Crippen MR) is 97.8 cm³/mol. The van der Waals surface area contributed by atoms with Crippen LogP contribution in [-0.4, -0.2) is 23.9 Å². The third-order valence-electron chi connectivity index (χ3n) is 3.62. The largest absolute Gasteiger partial charge is 0.382 e. The maximum Gasteiger partial charge on any atom is 0.199 e. The summed E-state index contributed by atoms with van der Waals surface area (Å²) in [7, 11) is 0. The van der Waals surface area contributed by atoms with E-state index < -0.39 is 0 Å². The molecule has 0 atom stereocenters. The van der Waals surface area contributed by atoms with E-state index in [1.54, 1.807) is 24.3 Å². The molecular formula is C16H15Cl2N3OS. The molecular weight excluding hydrogens is 353 g/mol. The summed E-state index contributed by atoms with van der Waals surface area (Å²) >= 11 is 13.3. The minimum atomic E-state index is -0.170. The van der Waals surface area contributed by atoms with Gasteiger partial charge in [0.2, 0.25) is 0 Å². The van der Waals surface area contributed by atoms with E-state index in [0.29, 0.717) is 14.9 Å². The Bertz CT molecular complexity index is 767. The Morgan fingerprint density at radius 3 is 2.74 bits per heavy atom. The number of carbonyl (C=O) groups excluding carboxylic acids is 1. The Hall–Kier alpha value is -1.56. The lowest BCUT2D eigenvalue weighted by Crippen LogP contribution is -2.17. The van der Waals surface area contributed by atoms with Crippen molar-refractivity contribution in [3.63, 3.8) is 0 Å². The molecule has 0 saturated carbocycles. The Labute approximate surface area is 148 Å². The van der Waals surface area contributed by atoms with E-state index in [4.69, 9.17) is 28.9 Å². The third-order valence-corrected chi connectivity index (χ3v) is 5.33. The molecule has 0 amide bonds. The second-order valence-corrected chi connectivity index (χ2v) is 7.09. The number of nitrogen functional groups attached to an aromatic ring is 1. The van der Waals surface area contributed by atoms with Gasteiger partial charge in [0.05, 0.1) is 0 Å². The number of nitrogens with two attached hydrogens (primary N) is 1. The summed E-state index contributed by atoms with van der Waals surface area (Å²) in [6.07, 6.45) is 5.43. The normalized spacial score (nSPS) is 14.8. The van der Waals surface area contributed by atoms with Crippen molar-refractivity contribution in [2.45, 2.75) is 12.8 Å². The molecule has 1 aliphatic heterocycles. The lowest BCUT2D eigenvalue weighted by Gasteiger charge is -2.11. The number of carbonyl (C=O) groups is 1. The van der Waals surface area contributed by atoms with Crippen LogP contribution in [0.15, 0.2) is 24.3 Å². The monoisotopic (exact) mass is 367 g/mol. The fourth-order valence-electron chi connectivity index (χ4n) is 2.42. The van der Waals surface area contributed by atoms with Crippen molar-refractivity contribution >= 4 is 57.3 Å². The minimum Gasteiger partial charge on any atom is -0.382 e. The molecule has 7 heteroatoms. The van der Waals surface area contributed by atoms with E-state index in [1.165, 1.54) is 17.4 Å². The lowest BCUT2D eigenvalue weighted by molar-refractivity contribution is 0.105. The minimum absolute atomic E-state index is 0.170. The van der Waals surface area contributed by atoms with Gasteiger partial charge in [-0.25, -0.2) is 4.98 Å². The Morgan fingerprint density at radius 1 is 1.30 bits per heavy atom. The number of thiazole rings is 1. The first kappa shape index (κ1) is 16.3. The second kappa shape index (κ2) is 6.91. The molecule has 0 unspecified atom stereocenters. The van der Waals surface area contributed by atoms with E-state index in [2.05, 4.69) is 9.88 Å². The number of rotatable bonds is 4. The molecule has 0 aliphatic carbocycles. The van der Waals surface area contributed by atoms with Crippen molar-refractivity contribution in [1.29, 1.82) is 0 Å². The van der Waals surface area contributed by atoms with Crippen molar-refractivity contribution in [3.05, 3.63) is 44.8 Å². The molecule has 2 N–H and O–H groups in total. The SMILES string of the molecule is Nc1nc(N2CCCC2)sc1C(=O)/C=C/c1ccc(Cl)cc1Cl. The van der Waals surface area contributed by atoms with E-state index in [-0.39, 0.29) is 11.6 Å². The molecule has 1 aliphatic rings. The highest BCUT2D eigenvalue weighted by molar-refractivity contribution is 7.18. The van der Waals surface area contributed by atoms with Crippen LogP contribution in [0, 0.1) is 0 Å². The smallest absolute Gasteiger partial charge is 0.199 e. The van der Waals surface area contributed by atoms with Crippen LogP contribution in [-0.2, 0) is 0 Å². The summed E-state index contributed by atoms with van der Waals surface area (Å²) in [5.74, 6) is 0.116. The van der Waals surface area contributed by atoms with Crippen LogP contribution in [0.2, 0.25) is 10.0 Å². The summed E-state index contributed by atoms with van der Waals surface area (Å²) in [6.45, 7) is 1.94. The highest BCUT2D eigenvalue weighted by Gasteiger charge is 2.20. The zero-order valence-electron chi connectivity index (χ0n) is 12.3. The van der Waals surface area contributed by atoms with Gasteiger partial charge in [0, 0.05) is 23.1 Å². The molecule has 0 spiro atoms. The van der Waals surface area contributed by atoms with Crippen LogP contribution in [0.4, 0.5) is 10.9 Å². The summed E-state index contributed by atoms with van der Waals surface area (Å²) in [4.78, 5) is 19.3. The van der Waals surface area contributed by atoms with E-state index in [9.17, 15) is 4.79 Å². The van der Waals surface area contributed by atoms with Gasteiger partial charge in [0.25, 0.3) is 0 Å². The van der Waals surface area contributed by atoms with Crippen molar-refractivity contribution in [1.82, 2.24) is 4.98 Å². The van der Waals surface area contributed by atoms with Gasteiger partial charge in [-0.3, -0.25) is 4.79 Å². The molecule has 0 radical (unpaired) electrons. The topological polar surface area (TPSA) is 59.2 Å². The molecule has 23 heavy (non-hydrogen) atoms. The number of benzene rings is 1. The molecule has 1 aromatic carbocycles. The second-order valence-electron chi connectivity index (χ2n) is 5.27. The van der Waals surface area contributed by atoms with Crippen molar-refractivity contribution in [2.75, 3.05) is 23.7 Å². The van der Waals surface area contributed by atoms with E-state index in [1.807, 2.05) is 0 Å². The fraction of sp³-hybridized carbons (Fsp3) is 0.250. The van der Waals surface area contributed by atoms with Crippen LogP contribution in [0.3, 0.4) is 0 Å². The number of hydrogen-bond donors (Lipinski definition) is 1. The number of allylic oxidation sites excluding steroid dienone is 1. The number of hydrogen-bond acceptors (Lipinski definition) is 5. The number of ketones is 1. The third kappa shape index (κ3) is 3.68. The van der Waals surface area contributed by atoms with Crippen molar-refractivity contribution in [3.8, 4) is 0 Å². The van der Waals surface area contributed by atoms with E-state index >= 15 is 0 Å². The summed E-state index contributed by atoms with van der Waals surface area (Å²) in [5.41, 5.74) is 6.63. The van der Waals surface area contributed by atoms with Gasteiger partial charge in [-0.15, -0.1) is 0 Å². The van der Waals surface area contributed by atoms with Crippen LogP contribution >= 0.6 is 34.5 Å². The maximum absolute atomic E-state index is 12.4. The number of nitrogens with zero attached hydrogens (tertiary/aromatic N) is 2. The first-order valence-electron chi connectivity index (χ1n) is 7.23. The molecule has 2 aromatic rings. The molecule has 1 fully saturated rings. The molecule has 4 nitrogen and oxygen atoms in total. The highest BCUT2D eigenvalue weighted by Crippen LogP contribution is 2.31. The average molecular weight is 368 g/mol. The molecule has 1 saturated heterocycles. The molecule has 2 heterocycles. The number of aromatic nitrogens is 1. The quantitative estimate of drug-likeness (QED) is 0.636. The van der Waals surface area contributed by atoms with Crippen LogP contribution in [0.25, 0.3) is 6.08 Å². The predicted octanol–water partition coefficient (Wildman–Crippen LogP) is 4.53. The maximum atomic E-state index is 12.4. The van der Waals surface area contributed by atoms with Gasteiger partial charge in [-0.05, 0) is 42.7 Å². The summed E-state index contributed by atoms with van der Waals surface area (Å²) < 4.78 is 0. The lowest BCUT2D eigenvalue weighted by atomic mass is 10.2. The number of anilines is 2. The highest BCUT2D eigenvalue weighted by atomic mass is 35.5. The van der Waals surface area contributed by atoms with Crippen molar-refractivity contribution < 1.29 is 4.79 Å². The molecule has 1 aromatic heterocycles.